The Morgan fingerprint density at radius 2 is 2.15 bits per heavy atom. The molecule has 2 N–H and O–H groups in total. The highest BCUT2D eigenvalue weighted by Gasteiger charge is 2.13. The van der Waals surface area contributed by atoms with Crippen molar-refractivity contribution in [3.8, 4) is 0 Å². The van der Waals surface area contributed by atoms with E-state index in [1.165, 1.54) is 12.8 Å². The van der Waals surface area contributed by atoms with Gasteiger partial charge in [-0.25, -0.2) is 0 Å². The van der Waals surface area contributed by atoms with Crippen LogP contribution in [0.1, 0.15) is 24.8 Å². The predicted molar refractivity (Wildman–Crippen MR) is 86.1 cm³/mol. The average Bonchev–Trinajstić information content (AvgIpc) is 2.87. The summed E-state index contributed by atoms with van der Waals surface area (Å²) in [6, 6.07) is 5.84. The Hall–Kier alpha value is -0.480. The summed E-state index contributed by atoms with van der Waals surface area (Å²) in [5.74, 6) is 0.0244. The van der Waals surface area contributed by atoms with Gasteiger partial charge in [-0.2, -0.15) is 0 Å². The van der Waals surface area contributed by atoms with Crippen LogP contribution in [0.2, 0.25) is 10.0 Å². The predicted octanol–water partition coefficient (Wildman–Crippen LogP) is 3.22. The molecule has 1 aromatic rings. The van der Waals surface area contributed by atoms with E-state index in [0.717, 1.165) is 25.1 Å². The summed E-state index contributed by atoms with van der Waals surface area (Å²) in [5.41, 5.74) is 0.880. The number of carbonyl (C=O) groups excluding carboxylic acids is 1. The fourth-order valence-corrected chi connectivity index (χ4v) is 2.61. The second-order valence-electron chi connectivity index (χ2n) is 4.86. The molecule has 0 radical (unpaired) electrons. The van der Waals surface area contributed by atoms with Gasteiger partial charge in [0, 0.05) is 12.6 Å². The zero-order chi connectivity index (χ0) is 13.7. The SMILES string of the molecule is Cl.O=C(Cc1ccc(Cl)c(Cl)c1)NCC[C@H]1CCCN1. The molecule has 1 aliphatic rings. The molecule has 1 saturated heterocycles. The van der Waals surface area contributed by atoms with E-state index in [1.54, 1.807) is 12.1 Å². The zero-order valence-electron chi connectivity index (χ0n) is 11.1. The van der Waals surface area contributed by atoms with Gasteiger partial charge in [0.1, 0.15) is 0 Å². The second-order valence-corrected chi connectivity index (χ2v) is 5.67. The normalized spacial score (nSPS) is 17.6. The van der Waals surface area contributed by atoms with Gasteiger partial charge in [0.2, 0.25) is 5.91 Å². The third kappa shape index (κ3) is 5.49. The van der Waals surface area contributed by atoms with Gasteiger partial charge in [-0.3, -0.25) is 4.79 Å². The molecule has 0 aromatic heterocycles. The van der Waals surface area contributed by atoms with Crippen LogP contribution in [0, 0.1) is 0 Å². The van der Waals surface area contributed by atoms with Crippen LogP contribution in [0.3, 0.4) is 0 Å². The van der Waals surface area contributed by atoms with Crippen LogP contribution in [0.15, 0.2) is 18.2 Å². The van der Waals surface area contributed by atoms with E-state index >= 15 is 0 Å². The molecule has 2 rings (SSSR count). The number of benzene rings is 1. The minimum absolute atomic E-state index is 0. The minimum Gasteiger partial charge on any atom is -0.356 e. The molecule has 6 heteroatoms. The number of carbonyl (C=O) groups is 1. The van der Waals surface area contributed by atoms with E-state index in [4.69, 9.17) is 23.2 Å². The van der Waals surface area contributed by atoms with Crippen molar-refractivity contribution < 1.29 is 4.79 Å². The number of halogens is 3. The molecule has 3 nitrogen and oxygen atoms in total. The molecule has 0 unspecified atom stereocenters. The summed E-state index contributed by atoms with van der Waals surface area (Å²) in [7, 11) is 0. The zero-order valence-corrected chi connectivity index (χ0v) is 13.5. The highest BCUT2D eigenvalue weighted by Crippen LogP contribution is 2.22. The van der Waals surface area contributed by atoms with Crippen molar-refractivity contribution in [2.75, 3.05) is 13.1 Å². The molecule has 1 fully saturated rings. The molecule has 1 aromatic carbocycles. The Labute approximate surface area is 135 Å². The van der Waals surface area contributed by atoms with Crippen LogP contribution in [-0.4, -0.2) is 25.0 Å². The van der Waals surface area contributed by atoms with Crippen molar-refractivity contribution in [1.82, 2.24) is 10.6 Å². The number of rotatable bonds is 5. The van der Waals surface area contributed by atoms with Crippen molar-refractivity contribution in [3.05, 3.63) is 33.8 Å². The van der Waals surface area contributed by atoms with E-state index in [1.807, 2.05) is 6.07 Å². The first-order chi connectivity index (χ1) is 9.15. The van der Waals surface area contributed by atoms with Crippen LogP contribution in [0.5, 0.6) is 0 Å². The summed E-state index contributed by atoms with van der Waals surface area (Å²) >= 11 is 11.7. The van der Waals surface area contributed by atoms with Crippen molar-refractivity contribution in [1.29, 1.82) is 0 Å². The number of nitrogens with one attached hydrogen (secondary N) is 2. The topological polar surface area (TPSA) is 41.1 Å². The molecule has 1 aliphatic heterocycles. The first-order valence-electron chi connectivity index (χ1n) is 6.59. The molecule has 0 spiro atoms. The highest BCUT2D eigenvalue weighted by atomic mass is 35.5. The van der Waals surface area contributed by atoms with Gasteiger partial charge in [0.05, 0.1) is 16.5 Å². The maximum atomic E-state index is 11.8. The maximum absolute atomic E-state index is 11.8. The molecule has 0 bridgehead atoms. The largest absolute Gasteiger partial charge is 0.356 e. The van der Waals surface area contributed by atoms with Crippen molar-refractivity contribution in [3.63, 3.8) is 0 Å². The number of hydrogen-bond acceptors (Lipinski definition) is 2. The minimum atomic E-state index is 0. The Morgan fingerprint density at radius 1 is 1.35 bits per heavy atom. The molecule has 1 atom stereocenters. The van der Waals surface area contributed by atoms with Gasteiger partial charge in [0.15, 0.2) is 0 Å². The quantitative estimate of drug-likeness (QED) is 0.866. The van der Waals surface area contributed by atoms with Crippen LogP contribution < -0.4 is 10.6 Å². The van der Waals surface area contributed by atoms with Gasteiger partial charge in [-0.1, -0.05) is 29.3 Å². The van der Waals surface area contributed by atoms with Gasteiger partial charge >= 0.3 is 0 Å². The summed E-state index contributed by atoms with van der Waals surface area (Å²) in [5, 5.41) is 7.35. The Balaban J connectivity index is 0.00000200. The molecular weight excluding hydrogens is 319 g/mol. The molecule has 20 heavy (non-hydrogen) atoms. The van der Waals surface area contributed by atoms with Crippen LogP contribution in [0.4, 0.5) is 0 Å². The van der Waals surface area contributed by atoms with Gasteiger partial charge < -0.3 is 10.6 Å². The summed E-state index contributed by atoms with van der Waals surface area (Å²) in [6.07, 6.45) is 3.78. The molecule has 0 aliphatic carbocycles. The molecular formula is C14H19Cl3N2O. The lowest BCUT2D eigenvalue weighted by Crippen LogP contribution is -2.31. The van der Waals surface area contributed by atoms with Gasteiger partial charge in [0.25, 0.3) is 0 Å². The van der Waals surface area contributed by atoms with Crippen molar-refractivity contribution in [2.45, 2.75) is 31.7 Å². The first-order valence-corrected chi connectivity index (χ1v) is 7.35. The van der Waals surface area contributed by atoms with Crippen LogP contribution in [0.25, 0.3) is 0 Å². The van der Waals surface area contributed by atoms with Gasteiger partial charge in [-0.05, 0) is 43.5 Å². The maximum Gasteiger partial charge on any atom is 0.224 e. The van der Waals surface area contributed by atoms with Crippen molar-refractivity contribution >= 4 is 41.5 Å². The first kappa shape index (κ1) is 17.6. The average molecular weight is 338 g/mol. The fraction of sp³-hybridized carbons (Fsp3) is 0.500. The fourth-order valence-electron chi connectivity index (χ4n) is 2.29. The van der Waals surface area contributed by atoms with E-state index in [0.29, 0.717) is 22.5 Å². The van der Waals surface area contributed by atoms with Crippen LogP contribution in [-0.2, 0) is 11.2 Å². The second kappa shape index (κ2) is 8.73. The monoisotopic (exact) mass is 336 g/mol. The summed E-state index contributed by atoms with van der Waals surface area (Å²) in [4.78, 5) is 11.8. The lowest BCUT2D eigenvalue weighted by molar-refractivity contribution is -0.120. The number of amides is 1. The molecule has 1 heterocycles. The Morgan fingerprint density at radius 3 is 2.80 bits per heavy atom. The van der Waals surface area contributed by atoms with Gasteiger partial charge in [-0.15, -0.1) is 12.4 Å². The smallest absolute Gasteiger partial charge is 0.224 e. The third-order valence-electron chi connectivity index (χ3n) is 3.33. The Kier molecular flexibility index (Phi) is 7.67. The Bertz CT molecular complexity index is 448. The van der Waals surface area contributed by atoms with E-state index < -0.39 is 0 Å². The van der Waals surface area contributed by atoms with E-state index in [9.17, 15) is 4.79 Å². The lowest BCUT2D eigenvalue weighted by Gasteiger charge is -2.11. The van der Waals surface area contributed by atoms with E-state index in [-0.39, 0.29) is 18.3 Å². The lowest BCUT2D eigenvalue weighted by atomic mass is 10.1. The number of hydrogen-bond donors (Lipinski definition) is 2. The highest BCUT2D eigenvalue weighted by molar-refractivity contribution is 6.42. The molecule has 0 saturated carbocycles. The third-order valence-corrected chi connectivity index (χ3v) is 4.07. The van der Waals surface area contributed by atoms with E-state index in [2.05, 4.69) is 10.6 Å². The molecule has 1 amide bonds. The standard InChI is InChI=1S/C14H18Cl2N2O.ClH/c15-12-4-3-10(8-13(12)16)9-14(19)18-7-5-11-2-1-6-17-11;/h3-4,8,11,17H,1-2,5-7,9H2,(H,18,19);1H/t11-;/m1./s1. The summed E-state index contributed by atoms with van der Waals surface area (Å²) < 4.78 is 0. The molecule has 112 valence electrons. The van der Waals surface area contributed by atoms with Crippen molar-refractivity contribution in [2.24, 2.45) is 0 Å². The summed E-state index contributed by atoms with van der Waals surface area (Å²) in [6.45, 7) is 1.82. The van der Waals surface area contributed by atoms with Crippen LogP contribution >= 0.6 is 35.6 Å².